The quantitative estimate of drug-likeness (QED) is 0.615. The lowest BCUT2D eigenvalue weighted by molar-refractivity contribution is 0.0975. The number of carbonyl (C=O) groups excluding carboxylic acids is 1. The first-order valence-corrected chi connectivity index (χ1v) is 9.80. The second-order valence-corrected chi connectivity index (χ2v) is 7.58. The molecule has 2 aromatic carbocycles. The van der Waals surface area contributed by atoms with Crippen molar-refractivity contribution in [3.8, 4) is 0 Å². The number of nitrogens with one attached hydrogen (secondary N) is 2. The third-order valence-electron chi connectivity index (χ3n) is 4.96. The largest absolute Gasteiger partial charge is 0.376 e. The third kappa shape index (κ3) is 5.42. The lowest BCUT2D eigenvalue weighted by Gasteiger charge is -2.15. The van der Waals surface area contributed by atoms with Crippen LogP contribution in [0.15, 0.2) is 41.4 Å². The molecule has 0 spiro atoms. The van der Waals surface area contributed by atoms with Crippen LogP contribution in [0.1, 0.15) is 45.5 Å². The van der Waals surface area contributed by atoms with Crippen molar-refractivity contribution >= 4 is 17.6 Å². The number of nitrogens with zero attached hydrogens (tertiary/aromatic N) is 1. The van der Waals surface area contributed by atoms with Crippen LogP contribution < -0.4 is 10.6 Å². The number of guanidine groups is 1. The Balaban J connectivity index is 1.79. The van der Waals surface area contributed by atoms with Gasteiger partial charge in [0.2, 0.25) is 5.96 Å². The molecule has 2 aromatic rings. The van der Waals surface area contributed by atoms with E-state index in [-0.39, 0.29) is 12.0 Å². The summed E-state index contributed by atoms with van der Waals surface area (Å²) >= 11 is 0. The van der Waals surface area contributed by atoms with Crippen LogP contribution in [0.5, 0.6) is 0 Å². The number of benzene rings is 2. The Hall–Kier alpha value is -2.66. The van der Waals surface area contributed by atoms with Gasteiger partial charge in [0.1, 0.15) is 0 Å². The topological polar surface area (TPSA) is 62.7 Å². The Morgan fingerprint density at radius 1 is 1.07 bits per heavy atom. The van der Waals surface area contributed by atoms with Crippen molar-refractivity contribution in [2.24, 2.45) is 4.99 Å². The van der Waals surface area contributed by atoms with Crippen molar-refractivity contribution in [2.75, 3.05) is 18.5 Å². The van der Waals surface area contributed by atoms with Gasteiger partial charge in [0.25, 0.3) is 5.91 Å². The summed E-state index contributed by atoms with van der Waals surface area (Å²) < 4.78 is 5.66. The molecule has 1 atom stereocenters. The van der Waals surface area contributed by atoms with Crippen molar-refractivity contribution in [3.05, 3.63) is 64.2 Å². The van der Waals surface area contributed by atoms with Gasteiger partial charge in [-0.3, -0.25) is 10.1 Å². The number of hydrogen-bond donors (Lipinski definition) is 2. The molecular weight excluding hydrogens is 350 g/mol. The van der Waals surface area contributed by atoms with Crippen molar-refractivity contribution in [1.29, 1.82) is 0 Å². The summed E-state index contributed by atoms with van der Waals surface area (Å²) in [5, 5.41) is 6.21. The number of ether oxygens (including phenoxy) is 1. The molecule has 28 heavy (non-hydrogen) atoms. The molecule has 1 fully saturated rings. The second-order valence-electron chi connectivity index (χ2n) is 7.58. The molecule has 1 unspecified atom stereocenters. The van der Waals surface area contributed by atoms with Gasteiger partial charge in [-0.25, -0.2) is 4.99 Å². The fraction of sp³-hybridized carbons (Fsp3) is 0.391. The van der Waals surface area contributed by atoms with Gasteiger partial charge in [0.15, 0.2) is 0 Å². The number of aliphatic imine (C=N–C) groups is 1. The lowest BCUT2D eigenvalue weighted by Crippen LogP contribution is -2.36. The Morgan fingerprint density at radius 3 is 2.46 bits per heavy atom. The monoisotopic (exact) mass is 379 g/mol. The highest BCUT2D eigenvalue weighted by Gasteiger charge is 2.16. The number of aryl methyl sites for hydroxylation is 4. The van der Waals surface area contributed by atoms with Crippen LogP contribution in [0.3, 0.4) is 0 Å². The van der Waals surface area contributed by atoms with Crippen LogP contribution in [0.2, 0.25) is 0 Å². The van der Waals surface area contributed by atoms with E-state index < -0.39 is 0 Å². The summed E-state index contributed by atoms with van der Waals surface area (Å²) in [5.74, 6) is 0.273. The van der Waals surface area contributed by atoms with E-state index in [4.69, 9.17) is 4.74 Å². The van der Waals surface area contributed by atoms with Crippen LogP contribution in [0.4, 0.5) is 5.69 Å². The number of hydrogen-bond acceptors (Lipinski definition) is 3. The zero-order chi connectivity index (χ0) is 20.1. The van der Waals surface area contributed by atoms with Crippen molar-refractivity contribution in [1.82, 2.24) is 5.32 Å². The summed E-state index contributed by atoms with van der Waals surface area (Å²) in [5.41, 5.74) is 6.09. The molecule has 1 aliphatic rings. The standard InChI is InChI=1S/C23H29N3O2/c1-15-10-16(2)12-20(11-15)25-23(24-14-21-6-5-9-28-21)26-22(27)19-8-7-17(3)18(4)13-19/h7-8,10-13,21H,5-6,9,14H2,1-4H3,(H2,24,25,26,27). The van der Waals surface area contributed by atoms with Crippen LogP contribution in [0, 0.1) is 27.7 Å². The molecule has 0 saturated carbocycles. The average molecular weight is 380 g/mol. The van der Waals surface area contributed by atoms with E-state index in [2.05, 4.69) is 35.5 Å². The van der Waals surface area contributed by atoms with Gasteiger partial charge in [-0.05, 0) is 87.1 Å². The Bertz CT molecular complexity index is 863. The molecule has 0 radical (unpaired) electrons. The van der Waals surface area contributed by atoms with E-state index in [9.17, 15) is 4.79 Å². The molecule has 1 amide bonds. The minimum absolute atomic E-state index is 0.120. The molecule has 2 N–H and O–H groups in total. The fourth-order valence-corrected chi connectivity index (χ4v) is 3.34. The van der Waals surface area contributed by atoms with Crippen molar-refractivity contribution in [3.63, 3.8) is 0 Å². The van der Waals surface area contributed by atoms with Gasteiger partial charge in [0, 0.05) is 17.9 Å². The summed E-state index contributed by atoms with van der Waals surface area (Å²) in [6.07, 6.45) is 2.19. The van der Waals surface area contributed by atoms with Crippen LogP contribution in [-0.2, 0) is 4.74 Å². The number of anilines is 1. The molecular formula is C23H29N3O2. The molecule has 0 aliphatic carbocycles. The van der Waals surface area contributed by atoms with Gasteiger partial charge >= 0.3 is 0 Å². The predicted molar refractivity (Wildman–Crippen MR) is 114 cm³/mol. The summed E-state index contributed by atoms with van der Waals surface area (Å²) in [6, 6.07) is 11.9. The van der Waals surface area contributed by atoms with Crippen LogP contribution in [0.25, 0.3) is 0 Å². The average Bonchev–Trinajstić information content (AvgIpc) is 3.14. The highest BCUT2D eigenvalue weighted by Crippen LogP contribution is 2.15. The van der Waals surface area contributed by atoms with E-state index in [1.54, 1.807) is 0 Å². The first kappa shape index (κ1) is 20.1. The molecule has 0 aromatic heterocycles. The first-order chi connectivity index (χ1) is 13.4. The summed E-state index contributed by atoms with van der Waals surface area (Å²) in [4.78, 5) is 17.4. The van der Waals surface area contributed by atoms with Gasteiger partial charge in [-0.2, -0.15) is 0 Å². The maximum Gasteiger partial charge on any atom is 0.257 e. The minimum atomic E-state index is -0.175. The van der Waals surface area contributed by atoms with Gasteiger partial charge < -0.3 is 10.1 Å². The minimum Gasteiger partial charge on any atom is -0.376 e. The van der Waals surface area contributed by atoms with Crippen molar-refractivity contribution in [2.45, 2.75) is 46.6 Å². The van der Waals surface area contributed by atoms with E-state index in [0.717, 1.165) is 47.4 Å². The highest BCUT2D eigenvalue weighted by molar-refractivity contribution is 6.10. The fourth-order valence-electron chi connectivity index (χ4n) is 3.34. The Labute approximate surface area is 167 Å². The summed E-state index contributed by atoms with van der Waals surface area (Å²) in [6.45, 7) is 9.46. The van der Waals surface area contributed by atoms with Crippen LogP contribution in [-0.4, -0.2) is 31.1 Å². The van der Waals surface area contributed by atoms with E-state index >= 15 is 0 Å². The normalized spacial score (nSPS) is 16.9. The maximum absolute atomic E-state index is 12.8. The molecule has 148 valence electrons. The molecule has 1 heterocycles. The van der Waals surface area contributed by atoms with Crippen molar-refractivity contribution < 1.29 is 9.53 Å². The highest BCUT2D eigenvalue weighted by atomic mass is 16.5. The smallest absolute Gasteiger partial charge is 0.257 e. The van der Waals surface area contributed by atoms with Gasteiger partial charge in [-0.15, -0.1) is 0 Å². The first-order valence-electron chi connectivity index (χ1n) is 9.80. The zero-order valence-corrected chi connectivity index (χ0v) is 17.1. The van der Waals surface area contributed by atoms with E-state index in [1.807, 2.05) is 44.2 Å². The molecule has 1 aliphatic heterocycles. The zero-order valence-electron chi connectivity index (χ0n) is 17.1. The van der Waals surface area contributed by atoms with E-state index in [1.165, 1.54) is 0 Å². The number of carbonyl (C=O) groups is 1. The Kier molecular flexibility index (Phi) is 6.47. The molecule has 3 rings (SSSR count). The van der Waals surface area contributed by atoms with Crippen LogP contribution >= 0.6 is 0 Å². The molecule has 5 heteroatoms. The summed E-state index contributed by atoms with van der Waals surface area (Å²) in [7, 11) is 0. The lowest BCUT2D eigenvalue weighted by atomic mass is 10.1. The Morgan fingerprint density at radius 2 is 1.82 bits per heavy atom. The maximum atomic E-state index is 12.8. The SMILES string of the molecule is Cc1cc(C)cc(NC(=NCC2CCCO2)NC(=O)c2ccc(C)c(C)c2)c1. The number of rotatable bonds is 4. The van der Waals surface area contributed by atoms with Gasteiger partial charge in [-0.1, -0.05) is 12.1 Å². The third-order valence-corrected chi connectivity index (χ3v) is 4.96. The number of amides is 1. The molecule has 0 bridgehead atoms. The van der Waals surface area contributed by atoms with Gasteiger partial charge in [0.05, 0.1) is 12.6 Å². The van der Waals surface area contributed by atoms with E-state index in [0.29, 0.717) is 18.1 Å². The molecule has 1 saturated heterocycles. The second kappa shape index (κ2) is 9.02. The predicted octanol–water partition coefficient (Wildman–Crippen LogP) is 4.30. The molecule has 5 nitrogen and oxygen atoms in total.